The predicted molar refractivity (Wildman–Crippen MR) is 72.9 cm³/mol. The number of carboxylic acids is 1. The van der Waals surface area contributed by atoms with Crippen LogP contribution in [-0.4, -0.2) is 40.0 Å². The van der Waals surface area contributed by atoms with Crippen LogP contribution in [0.25, 0.3) is 0 Å². The van der Waals surface area contributed by atoms with Gasteiger partial charge in [0, 0.05) is 6.07 Å². The topological polar surface area (TPSA) is 110 Å². The first-order valence-corrected chi connectivity index (χ1v) is 7.43. The van der Waals surface area contributed by atoms with E-state index in [1.807, 2.05) is 6.26 Å². The van der Waals surface area contributed by atoms with Gasteiger partial charge in [-0.1, -0.05) is 11.3 Å². The monoisotopic (exact) mass is 304 g/mol. The van der Waals surface area contributed by atoms with Gasteiger partial charge in [-0.05, 0) is 24.5 Å². The standard InChI is InChI=1S/C10H12N2O5S2/c1-18-5-4-6(10(14)15)11-9(13)7-2-3-8(19-7)12(16)17/h2-3,6H,4-5H2,1H3,(H,11,13)(H,14,15)/t6-/m0/s1. The van der Waals surface area contributed by atoms with Gasteiger partial charge in [0.15, 0.2) is 0 Å². The summed E-state index contributed by atoms with van der Waals surface area (Å²) in [5, 5.41) is 21.7. The number of nitrogens with one attached hydrogen (secondary N) is 1. The molecule has 1 atom stereocenters. The summed E-state index contributed by atoms with van der Waals surface area (Å²) in [4.78, 5) is 32.8. The summed E-state index contributed by atoms with van der Waals surface area (Å²) in [7, 11) is 0. The molecule has 1 amide bonds. The number of hydrogen-bond donors (Lipinski definition) is 2. The van der Waals surface area contributed by atoms with Gasteiger partial charge in [-0.15, -0.1) is 0 Å². The molecule has 0 saturated heterocycles. The number of thioether (sulfide) groups is 1. The van der Waals surface area contributed by atoms with Crippen LogP contribution in [0.1, 0.15) is 16.1 Å². The number of aliphatic carboxylic acids is 1. The number of carboxylic acid groups (broad SMARTS) is 1. The van der Waals surface area contributed by atoms with Crippen molar-refractivity contribution in [1.82, 2.24) is 5.32 Å². The van der Waals surface area contributed by atoms with E-state index in [-0.39, 0.29) is 9.88 Å². The molecule has 0 spiro atoms. The first kappa shape index (κ1) is 15.4. The fraction of sp³-hybridized carbons (Fsp3) is 0.400. The van der Waals surface area contributed by atoms with Crippen molar-refractivity contribution in [2.24, 2.45) is 0 Å². The van der Waals surface area contributed by atoms with Gasteiger partial charge in [-0.2, -0.15) is 11.8 Å². The maximum absolute atomic E-state index is 11.8. The highest BCUT2D eigenvalue weighted by molar-refractivity contribution is 7.98. The summed E-state index contributed by atoms with van der Waals surface area (Å²) in [5.41, 5.74) is 0. The molecule has 19 heavy (non-hydrogen) atoms. The van der Waals surface area contributed by atoms with E-state index >= 15 is 0 Å². The molecule has 0 aliphatic rings. The zero-order chi connectivity index (χ0) is 14.4. The number of hydrogen-bond acceptors (Lipinski definition) is 6. The molecule has 0 bridgehead atoms. The predicted octanol–water partition coefficient (Wildman–Crippen LogP) is 1.59. The molecule has 1 rings (SSSR count). The molecule has 0 aromatic carbocycles. The average molecular weight is 304 g/mol. The van der Waals surface area contributed by atoms with E-state index in [4.69, 9.17) is 5.11 Å². The summed E-state index contributed by atoms with van der Waals surface area (Å²) in [6, 6.07) is 1.55. The molecule has 1 aromatic rings. The lowest BCUT2D eigenvalue weighted by molar-refractivity contribution is -0.380. The van der Waals surface area contributed by atoms with E-state index in [0.717, 1.165) is 11.3 Å². The van der Waals surface area contributed by atoms with E-state index in [2.05, 4.69) is 5.32 Å². The maximum Gasteiger partial charge on any atom is 0.326 e. The quantitative estimate of drug-likeness (QED) is 0.585. The van der Waals surface area contributed by atoms with E-state index in [9.17, 15) is 19.7 Å². The lowest BCUT2D eigenvalue weighted by Gasteiger charge is -2.12. The SMILES string of the molecule is CSCC[C@H](NC(=O)c1ccc([N+](=O)[O-])s1)C(=O)O. The van der Waals surface area contributed by atoms with Crippen molar-refractivity contribution < 1.29 is 19.6 Å². The molecule has 1 aromatic heterocycles. The molecule has 0 aliphatic carbocycles. The van der Waals surface area contributed by atoms with Crippen LogP contribution in [0.3, 0.4) is 0 Å². The van der Waals surface area contributed by atoms with Gasteiger partial charge >= 0.3 is 11.0 Å². The first-order chi connectivity index (χ1) is 8.95. The Morgan fingerprint density at radius 3 is 2.74 bits per heavy atom. The maximum atomic E-state index is 11.8. The number of rotatable bonds is 7. The first-order valence-electron chi connectivity index (χ1n) is 5.22. The summed E-state index contributed by atoms with van der Waals surface area (Å²) < 4.78 is 0. The molecule has 0 fully saturated rings. The third-order valence-corrected chi connectivity index (χ3v) is 3.89. The van der Waals surface area contributed by atoms with Crippen molar-refractivity contribution in [1.29, 1.82) is 0 Å². The Morgan fingerprint density at radius 2 is 2.26 bits per heavy atom. The molecule has 7 nitrogen and oxygen atoms in total. The van der Waals surface area contributed by atoms with Crippen LogP contribution >= 0.6 is 23.1 Å². The highest BCUT2D eigenvalue weighted by atomic mass is 32.2. The van der Waals surface area contributed by atoms with Gasteiger partial charge in [0.1, 0.15) is 6.04 Å². The van der Waals surface area contributed by atoms with Crippen LogP contribution in [-0.2, 0) is 4.79 Å². The molecule has 0 aliphatic heterocycles. The van der Waals surface area contributed by atoms with Crippen molar-refractivity contribution in [2.45, 2.75) is 12.5 Å². The van der Waals surface area contributed by atoms with Crippen molar-refractivity contribution in [2.75, 3.05) is 12.0 Å². The Bertz CT molecular complexity index is 488. The van der Waals surface area contributed by atoms with Crippen molar-refractivity contribution in [3.05, 3.63) is 27.1 Å². The molecule has 0 radical (unpaired) electrons. The Hall–Kier alpha value is -1.61. The Morgan fingerprint density at radius 1 is 1.58 bits per heavy atom. The van der Waals surface area contributed by atoms with E-state index in [1.54, 1.807) is 0 Å². The molecule has 1 heterocycles. The second-order valence-electron chi connectivity index (χ2n) is 3.54. The average Bonchev–Trinajstić information content (AvgIpc) is 2.83. The number of thiophene rings is 1. The second-order valence-corrected chi connectivity index (χ2v) is 5.59. The van der Waals surface area contributed by atoms with Crippen LogP contribution in [0.4, 0.5) is 5.00 Å². The molecule has 9 heteroatoms. The fourth-order valence-electron chi connectivity index (χ4n) is 1.27. The molecule has 2 N–H and O–H groups in total. The molecule has 0 saturated carbocycles. The van der Waals surface area contributed by atoms with Crippen molar-refractivity contribution >= 4 is 40.0 Å². The van der Waals surface area contributed by atoms with Crippen LogP contribution in [0, 0.1) is 10.1 Å². The third-order valence-electron chi connectivity index (χ3n) is 2.21. The number of nitro groups is 1. The van der Waals surface area contributed by atoms with Gasteiger partial charge in [0.25, 0.3) is 5.91 Å². The Balaban J connectivity index is 2.70. The summed E-state index contributed by atoms with van der Waals surface area (Å²) in [6.07, 6.45) is 2.14. The number of carbonyl (C=O) groups excluding carboxylic acids is 1. The van der Waals surface area contributed by atoms with Crippen LogP contribution in [0.15, 0.2) is 12.1 Å². The molecule has 104 valence electrons. The highest BCUT2D eigenvalue weighted by Gasteiger charge is 2.22. The van der Waals surface area contributed by atoms with Crippen molar-refractivity contribution in [3.8, 4) is 0 Å². The number of carbonyl (C=O) groups is 2. The highest BCUT2D eigenvalue weighted by Crippen LogP contribution is 2.23. The third kappa shape index (κ3) is 4.52. The smallest absolute Gasteiger partial charge is 0.326 e. The van der Waals surface area contributed by atoms with E-state index < -0.39 is 22.8 Å². The summed E-state index contributed by atoms with van der Waals surface area (Å²) in [5.74, 6) is -1.12. The van der Waals surface area contributed by atoms with Gasteiger partial charge in [0.2, 0.25) is 0 Å². The fourth-order valence-corrected chi connectivity index (χ4v) is 2.47. The van der Waals surface area contributed by atoms with Crippen molar-refractivity contribution in [3.63, 3.8) is 0 Å². The molecular weight excluding hydrogens is 292 g/mol. The van der Waals surface area contributed by atoms with Crippen LogP contribution in [0.5, 0.6) is 0 Å². The minimum Gasteiger partial charge on any atom is -0.480 e. The van der Waals surface area contributed by atoms with Gasteiger partial charge in [0.05, 0.1) is 9.80 Å². The Kier molecular flexibility index (Phi) is 5.77. The van der Waals surface area contributed by atoms with E-state index in [1.165, 1.54) is 23.9 Å². The number of amides is 1. The summed E-state index contributed by atoms with van der Waals surface area (Å²) in [6.45, 7) is 0. The zero-order valence-electron chi connectivity index (χ0n) is 9.99. The molecular formula is C10H12N2O5S2. The van der Waals surface area contributed by atoms with Gasteiger partial charge in [-0.3, -0.25) is 14.9 Å². The minimum absolute atomic E-state index is 0.127. The van der Waals surface area contributed by atoms with Crippen LogP contribution in [0.2, 0.25) is 0 Å². The van der Waals surface area contributed by atoms with Gasteiger partial charge < -0.3 is 10.4 Å². The minimum atomic E-state index is -1.12. The molecule has 0 unspecified atom stereocenters. The lowest BCUT2D eigenvalue weighted by Crippen LogP contribution is -2.40. The zero-order valence-corrected chi connectivity index (χ0v) is 11.6. The second kappa shape index (κ2) is 7.10. The normalized spacial score (nSPS) is 11.8. The summed E-state index contributed by atoms with van der Waals surface area (Å²) >= 11 is 2.19. The lowest BCUT2D eigenvalue weighted by atomic mass is 10.2. The van der Waals surface area contributed by atoms with Crippen LogP contribution < -0.4 is 5.32 Å². The largest absolute Gasteiger partial charge is 0.480 e. The Labute approximate surface area is 117 Å². The number of nitrogens with zero attached hydrogens (tertiary/aromatic N) is 1. The van der Waals surface area contributed by atoms with Gasteiger partial charge in [-0.25, -0.2) is 4.79 Å². The van der Waals surface area contributed by atoms with E-state index in [0.29, 0.717) is 12.2 Å².